The summed E-state index contributed by atoms with van der Waals surface area (Å²) in [5.41, 5.74) is 0.387. The molecule has 1 amide bonds. The number of anilines is 1. The van der Waals surface area contributed by atoms with Crippen molar-refractivity contribution in [1.29, 1.82) is 0 Å². The van der Waals surface area contributed by atoms with Gasteiger partial charge in [0.15, 0.2) is 0 Å². The van der Waals surface area contributed by atoms with Gasteiger partial charge in [-0.1, -0.05) is 31.5 Å². The minimum atomic E-state index is -3.80. The lowest BCUT2D eigenvalue weighted by Gasteiger charge is -2.30. The molecule has 1 heterocycles. The first-order chi connectivity index (χ1) is 16.5. The fraction of sp³-hybridized carbons (Fsp3) is 0.435. The van der Waals surface area contributed by atoms with Crippen molar-refractivity contribution >= 4 is 43.2 Å². The minimum Gasteiger partial charge on any atom is -0.326 e. The van der Waals surface area contributed by atoms with E-state index >= 15 is 0 Å². The van der Waals surface area contributed by atoms with Crippen LogP contribution in [-0.2, 0) is 30.6 Å². The molecule has 1 saturated heterocycles. The van der Waals surface area contributed by atoms with Gasteiger partial charge >= 0.3 is 0 Å². The maximum Gasteiger partial charge on any atom is 0.243 e. The van der Waals surface area contributed by atoms with Crippen LogP contribution in [0.2, 0.25) is 5.02 Å². The molecular weight excluding hydrogens is 517 g/mol. The third-order valence-corrected chi connectivity index (χ3v) is 10.3. The Labute approximate surface area is 211 Å². The number of sulfonamides is 2. The van der Waals surface area contributed by atoms with Gasteiger partial charge in [0.1, 0.15) is 5.82 Å². The van der Waals surface area contributed by atoms with Gasteiger partial charge in [-0.05, 0) is 49.2 Å². The first kappa shape index (κ1) is 27.5. The van der Waals surface area contributed by atoms with Crippen molar-refractivity contribution in [3.05, 3.63) is 58.9 Å². The van der Waals surface area contributed by atoms with Gasteiger partial charge in [0.05, 0.1) is 10.6 Å². The third kappa shape index (κ3) is 6.39. The van der Waals surface area contributed by atoms with Crippen LogP contribution in [0.15, 0.2) is 47.4 Å². The molecule has 0 spiro atoms. The molecule has 0 unspecified atom stereocenters. The van der Waals surface area contributed by atoms with E-state index in [-0.39, 0.29) is 34.5 Å². The second-order valence-electron chi connectivity index (χ2n) is 8.23. The molecule has 3 rings (SSSR count). The fourth-order valence-corrected chi connectivity index (χ4v) is 7.38. The topological polar surface area (TPSA) is 104 Å². The summed E-state index contributed by atoms with van der Waals surface area (Å²) in [6, 6.07) is 9.99. The second kappa shape index (κ2) is 11.3. The Morgan fingerprint density at radius 1 is 1.06 bits per heavy atom. The van der Waals surface area contributed by atoms with Gasteiger partial charge in [0, 0.05) is 48.4 Å². The lowest BCUT2D eigenvalue weighted by atomic mass is 9.97. The van der Waals surface area contributed by atoms with Crippen LogP contribution in [0.5, 0.6) is 0 Å². The predicted molar refractivity (Wildman–Crippen MR) is 134 cm³/mol. The van der Waals surface area contributed by atoms with Gasteiger partial charge in [-0.15, -0.1) is 0 Å². The monoisotopic (exact) mass is 545 g/mol. The highest BCUT2D eigenvalue weighted by Crippen LogP contribution is 2.27. The molecule has 2 aromatic carbocycles. The van der Waals surface area contributed by atoms with Crippen LogP contribution in [0.25, 0.3) is 0 Å². The van der Waals surface area contributed by atoms with Gasteiger partial charge in [0.25, 0.3) is 0 Å². The maximum atomic E-state index is 14.0. The molecule has 0 bridgehead atoms. The number of nitrogens with one attached hydrogen (secondary N) is 1. The highest BCUT2D eigenvalue weighted by molar-refractivity contribution is 7.89. The van der Waals surface area contributed by atoms with Gasteiger partial charge in [-0.2, -0.15) is 4.31 Å². The van der Waals surface area contributed by atoms with Crippen molar-refractivity contribution < 1.29 is 26.0 Å². The van der Waals surface area contributed by atoms with E-state index in [1.807, 2.05) is 0 Å². The molecule has 0 aliphatic carbocycles. The SMILES string of the molecule is CCN(CC)S(=O)(=O)c1ccc(NC(=O)C2CCN(S(=O)(=O)Cc3c(F)cccc3Cl)CC2)cc1. The smallest absolute Gasteiger partial charge is 0.243 e. The quantitative estimate of drug-likeness (QED) is 0.517. The minimum absolute atomic E-state index is 0.0544. The van der Waals surface area contributed by atoms with Crippen LogP contribution < -0.4 is 5.32 Å². The first-order valence-electron chi connectivity index (χ1n) is 11.3. The highest BCUT2D eigenvalue weighted by atomic mass is 35.5. The Kier molecular flexibility index (Phi) is 8.92. The molecule has 0 radical (unpaired) electrons. The third-order valence-electron chi connectivity index (χ3n) is 6.07. The molecule has 35 heavy (non-hydrogen) atoms. The van der Waals surface area contributed by atoms with Crippen molar-refractivity contribution in [3.8, 4) is 0 Å². The largest absolute Gasteiger partial charge is 0.326 e. The van der Waals surface area contributed by atoms with Gasteiger partial charge in [0.2, 0.25) is 26.0 Å². The average molecular weight is 546 g/mol. The highest BCUT2D eigenvalue weighted by Gasteiger charge is 2.32. The van der Waals surface area contributed by atoms with E-state index in [2.05, 4.69) is 5.32 Å². The Morgan fingerprint density at radius 3 is 2.20 bits per heavy atom. The number of nitrogens with zero attached hydrogens (tertiary/aromatic N) is 2. The van der Waals surface area contributed by atoms with E-state index in [9.17, 15) is 26.0 Å². The molecule has 1 aliphatic rings. The Morgan fingerprint density at radius 2 is 1.66 bits per heavy atom. The van der Waals surface area contributed by atoms with Crippen LogP contribution in [0.4, 0.5) is 10.1 Å². The Balaban J connectivity index is 1.59. The summed E-state index contributed by atoms with van der Waals surface area (Å²) in [6.07, 6.45) is 0.620. The summed E-state index contributed by atoms with van der Waals surface area (Å²) in [6.45, 7) is 4.52. The molecule has 8 nitrogen and oxygen atoms in total. The number of hydrogen-bond donors (Lipinski definition) is 1. The summed E-state index contributed by atoms with van der Waals surface area (Å²) >= 11 is 5.97. The summed E-state index contributed by atoms with van der Waals surface area (Å²) in [5, 5.41) is 2.83. The number of benzene rings is 2. The first-order valence-corrected chi connectivity index (χ1v) is 14.7. The summed E-state index contributed by atoms with van der Waals surface area (Å²) in [7, 11) is -7.39. The van der Waals surface area contributed by atoms with E-state index in [0.29, 0.717) is 31.6 Å². The number of piperidine rings is 1. The van der Waals surface area contributed by atoms with Crippen LogP contribution in [0, 0.1) is 11.7 Å². The molecule has 2 aromatic rings. The van der Waals surface area contributed by atoms with E-state index in [4.69, 9.17) is 11.6 Å². The van der Waals surface area contributed by atoms with E-state index in [0.717, 1.165) is 0 Å². The van der Waals surface area contributed by atoms with Crippen molar-refractivity contribution in [2.24, 2.45) is 5.92 Å². The number of halogens is 2. The van der Waals surface area contributed by atoms with Gasteiger partial charge in [-0.25, -0.2) is 25.5 Å². The predicted octanol–water partition coefficient (Wildman–Crippen LogP) is 3.69. The lowest BCUT2D eigenvalue weighted by Crippen LogP contribution is -2.42. The van der Waals surface area contributed by atoms with Crippen LogP contribution >= 0.6 is 11.6 Å². The molecule has 1 aliphatic heterocycles. The number of carbonyl (C=O) groups is 1. The van der Waals surface area contributed by atoms with Crippen molar-refractivity contribution in [2.45, 2.75) is 37.3 Å². The van der Waals surface area contributed by atoms with Crippen molar-refractivity contribution in [2.75, 3.05) is 31.5 Å². The molecule has 0 aromatic heterocycles. The average Bonchev–Trinajstić information content (AvgIpc) is 2.82. The van der Waals surface area contributed by atoms with Gasteiger partial charge < -0.3 is 5.32 Å². The molecule has 192 valence electrons. The number of amides is 1. The Bertz CT molecular complexity index is 1240. The zero-order valence-electron chi connectivity index (χ0n) is 19.6. The molecule has 12 heteroatoms. The van der Waals surface area contributed by atoms with Gasteiger partial charge in [-0.3, -0.25) is 4.79 Å². The van der Waals surface area contributed by atoms with E-state index in [1.54, 1.807) is 13.8 Å². The zero-order valence-corrected chi connectivity index (χ0v) is 22.0. The molecular formula is C23H29ClFN3O5S2. The van der Waals surface area contributed by atoms with Crippen molar-refractivity contribution in [1.82, 2.24) is 8.61 Å². The lowest BCUT2D eigenvalue weighted by molar-refractivity contribution is -0.120. The number of carbonyl (C=O) groups excluding carboxylic acids is 1. The van der Waals surface area contributed by atoms with E-state index in [1.165, 1.54) is 51.1 Å². The summed E-state index contributed by atoms with van der Waals surface area (Å²) < 4.78 is 67.4. The van der Waals surface area contributed by atoms with Crippen molar-refractivity contribution in [3.63, 3.8) is 0 Å². The number of hydrogen-bond acceptors (Lipinski definition) is 5. The van der Waals surface area contributed by atoms with E-state index < -0.39 is 37.5 Å². The second-order valence-corrected chi connectivity index (χ2v) is 12.5. The van der Waals surface area contributed by atoms with Crippen LogP contribution in [0.3, 0.4) is 0 Å². The summed E-state index contributed by atoms with van der Waals surface area (Å²) in [4.78, 5) is 12.9. The fourth-order valence-electron chi connectivity index (χ4n) is 4.01. The molecule has 0 saturated carbocycles. The Hall–Kier alpha value is -2.05. The molecule has 1 fully saturated rings. The molecule has 1 N–H and O–H groups in total. The zero-order chi connectivity index (χ0) is 25.8. The van der Waals surface area contributed by atoms with Crippen LogP contribution in [0.1, 0.15) is 32.3 Å². The summed E-state index contributed by atoms with van der Waals surface area (Å²) in [5.74, 6) is -1.89. The number of rotatable bonds is 9. The van der Waals surface area contributed by atoms with Crippen LogP contribution in [-0.4, -0.2) is 57.5 Å². The normalized spacial score (nSPS) is 15.9. The molecule has 0 atom stereocenters. The standard InChI is InChI=1S/C23H29ClFN3O5S2/c1-3-27(4-2)35(32,33)19-10-8-18(9-11-19)26-23(29)17-12-14-28(15-13-17)34(30,31)16-20-21(24)6-5-7-22(20)25/h5-11,17H,3-4,12-16H2,1-2H3,(H,26,29). The maximum absolute atomic E-state index is 14.0.